The number of benzene rings is 1. The molecule has 2 aliphatic rings. The number of sulfonamides is 1. The molecule has 28 heavy (non-hydrogen) atoms. The Morgan fingerprint density at radius 3 is 2.39 bits per heavy atom. The number of amides is 1. The molecule has 1 amide bonds. The zero-order chi connectivity index (χ0) is 20.3. The minimum Gasteiger partial charge on any atom is -0.490 e. The molecule has 0 unspecified atom stereocenters. The fourth-order valence-corrected chi connectivity index (χ4v) is 4.61. The Morgan fingerprint density at radius 1 is 1.11 bits per heavy atom. The lowest BCUT2D eigenvalue weighted by Gasteiger charge is -2.34. The van der Waals surface area contributed by atoms with Gasteiger partial charge in [-0.1, -0.05) is 0 Å². The molecule has 1 aromatic carbocycles. The van der Waals surface area contributed by atoms with Gasteiger partial charge in [-0.05, 0) is 26.0 Å². The summed E-state index contributed by atoms with van der Waals surface area (Å²) in [6.45, 7) is 7.09. The standard InChI is InChI=1S/C19H29N3O5S/c1-15(2)20(3)19(23)14-21-7-9-22(10-8-21)28(24,25)16-5-6-17-18(13-16)27-12-4-11-26-17/h5-6,13,15H,4,7-12,14H2,1-3H3. The zero-order valence-corrected chi connectivity index (χ0v) is 17.6. The Bertz CT molecular complexity index is 804. The molecule has 156 valence electrons. The third-order valence-electron chi connectivity index (χ3n) is 5.21. The van der Waals surface area contributed by atoms with Gasteiger partial charge in [0, 0.05) is 51.8 Å². The number of rotatable bonds is 5. The Morgan fingerprint density at radius 2 is 1.75 bits per heavy atom. The van der Waals surface area contributed by atoms with E-state index in [1.165, 1.54) is 4.31 Å². The van der Waals surface area contributed by atoms with E-state index in [0.29, 0.717) is 57.4 Å². The van der Waals surface area contributed by atoms with Crippen molar-refractivity contribution in [1.82, 2.24) is 14.1 Å². The molecule has 0 atom stereocenters. The van der Waals surface area contributed by atoms with Gasteiger partial charge in [-0.15, -0.1) is 0 Å². The second-order valence-electron chi connectivity index (χ2n) is 7.44. The van der Waals surface area contributed by atoms with Crippen LogP contribution in [0.4, 0.5) is 0 Å². The van der Waals surface area contributed by atoms with Crippen LogP contribution in [0.2, 0.25) is 0 Å². The highest BCUT2D eigenvalue weighted by Crippen LogP contribution is 2.33. The summed E-state index contributed by atoms with van der Waals surface area (Å²) in [5, 5.41) is 0. The summed E-state index contributed by atoms with van der Waals surface area (Å²) in [5.41, 5.74) is 0. The first-order chi connectivity index (χ1) is 13.3. The van der Waals surface area contributed by atoms with Crippen molar-refractivity contribution >= 4 is 15.9 Å². The molecule has 2 aliphatic heterocycles. The lowest BCUT2D eigenvalue weighted by Crippen LogP contribution is -2.51. The van der Waals surface area contributed by atoms with Crippen LogP contribution in [0.25, 0.3) is 0 Å². The van der Waals surface area contributed by atoms with Crippen molar-refractivity contribution in [2.45, 2.75) is 31.2 Å². The summed E-state index contributed by atoms with van der Waals surface area (Å²) in [4.78, 5) is 16.2. The van der Waals surface area contributed by atoms with Gasteiger partial charge >= 0.3 is 0 Å². The third kappa shape index (κ3) is 4.59. The normalized spacial score (nSPS) is 18.7. The fourth-order valence-electron chi connectivity index (χ4n) is 3.17. The highest BCUT2D eigenvalue weighted by atomic mass is 32.2. The average molecular weight is 412 g/mol. The van der Waals surface area contributed by atoms with Crippen LogP contribution in [-0.4, -0.2) is 87.5 Å². The summed E-state index contributed by atoms with van der Waals surface area (Å²) >= 11 is 0. The zero-order valence-electron chi connectivity index (χ0n) is 16.8. The average Bonchev–Trinajstić information content (AvgIpc) is 2.92. The van der Waals surface area contributed by atoms with E-state index in [9.17, 15) is 13.2 Å². The number of nitrogens with zero attached hydrogens (tertiary/aromatic N) is 3. The minimum absolute atomic E-state index is 0.0502. The summed E-state index contributed by atoms with van der Waals surface area (Å²) in [5.74, 6) is 1.10. The van der Waals surface area contributed by atoms with Crippen LogP contribution in [0.1, 0.15) is 20.3 Å². The van der Waals surface area contributed by atoms with Gasteiger partial charge < -0.3 is 14.4 Å². The lowest BCUT2D eigenvalue weighted by atomic mass is 10.3. The molecule has 8 nitrogen and oxygen atoms in total. The van der Waals surface area contributed by atoms with Crippen molar-refractivity contribution < 1.29 is 22.7 Å². The van der Waals surface area contributed by atoms with E-state index in [2.05, 4.69) is 0 Å². The van der Waals surface area contributed by atoms with Gasteiger partial charge in [0.05, 0.1) is 24.7 Å². The van der Waals surface area contributed by atoms with E-state index in [1.54, 1.807) is 30.1 Å². The lowest BCUT2D eigenvalue weighted by molar-refractivity contribution is -0.132. The molecule has 3 rings (SSSR count). The van der Waals surface area contributed by atoms with Crippen LogP contribution >= 0.6 is 0 Å². The SMILES string of the molecule is CC(C)N(C)C(=O)CN1CCN(S(=O)(=O)c2ccc3c(c2)OCCCO3)CC1. The van der Waals surface area contributed by atoms with E-state index >= 15 is 0 Å². The van der Waals surface area contributed by atoms with Crippen LogP contribution in [0.3, 0.4) is 0 Å². The summed E-state index contributed by atoms with van der Waals surface area (Å²) in [6, 6.07) is 4.91. The van der Waals surface area contributed by atoms with Gasteiger partial charge in [0.1, 0.15) is 0 Å². The molecule has 1 aromatic rings. The van der Waals surface area contributed by atoms with Crippen LogP contribution in [0.15, 0.2) is 23.1 Å². The summed E-state index contributed by atoms with van der Waals surface area (Å²) < 4.78 is 38.7. The number of carbonyl (C=O) groups excluding carboxylic acids is 1. The van der Waals surface area contributed by atoms with E-state index in [0.717, 1.165) is 6.42 Å². The van der Waals surface area contributed by atoms with Crippen molar-refractivity contribution in [1.29, 1.82) is 0 Å². The number of carbonyl (C=O) groups is 1. The maximum absolute atomic E-state index is 13.0. The number of piperazine rings is 1. The fraction of sp³-hybridized carbons (Fsp3) is 0.632. The predicted octanol–water partition coefficient (Wildman–Crippen LogP) is 1.02. The van der Waals surface area contributed by atoms with Crippen molar-refractivity contribution in [2.24, 2.45) is 0 Å². The molecule has 0 spiro atoms. The van der Waals surface area contributed by atoms with Crippen molar-refractivity contribution in [3.63, 3.8) is 0 Å². The van der Waals surface area contributed by atoms with E-state index in [4.69, 9.17) is 9.47 Å². The second-order valence-corrected chi connectivity index (χ2v) is 9.38. The van der Waals surface area contributed by atoms with Crippen molar-refractivity contribution in [2.75, 3.05) is 53.0 Å². The van der Waals surface area contributed by atoms with Crippen LogP contribution < -0.4 is 9.47 Å². The molecule has 1 saturated heterocycles. The van der Waals surface area contributed by atoms with E-state index in [-0.39, 0.29) is 16.8 Å². The van der Waals surface area contributed by atoms with E-state index in [1.807, 2.05) is 18.7 Å². The maximum Gasteiger partial charge on any atom is 0.243 e. The first kappa shape index (κ1) is 20.9. The first-order valence-corrected chi connectivity index (χ1v) is 11.1. The monoisotopic (exact) mass is 411 g/mol. The summed E-state index contributed by atoms with van der Waals surface area (Å²) in [7, 11) is -1.82. The number of fused-ring (bicyclic) bond motifs is 1. The van der Waals surface area contributed by atoms with Crippen molar-refractivity contribution in [3.8, 4) is 11.5 Å². The molecule has 0 saturated carbocycles. The first-order valence-electron chi connectivity index (χ1n) is 9.67. The van der Waals surface area contributed by atoms with E-state index < -0.39 is 10.0 Å². The molecular weight excluding hydrogens is 382 g/mol. The molecule has 2 heterocycles. The molecular formula is C19H29N3O5S. The van der Waals surface area contributed by atoms with Crippen LogP contribution in [0, 0.1) is 0 Å². The highest BCUT2D eigenvalue weighted by molar-refractivity contribution is 7.89. The largest absolute Gasteiger partial charge is 0.490 e. The number of ether oxygens (including phenoxy) is 2. The second kappa shape index (κ2) is 8.67. The van der Waals surface area contributed by atoms with Gasteiger partial charge in [0.15, 0.2) is 11.5 Å². The number of hydrogen-bond donors (Lipinski definition) is 0. The van der Waals surface area contributed by atoms with Crippen LogP contribution in [0.5, 0.6) is 11.5 Å². The van der Waals surface area contributed by atoms with Crippen LogP contribution in [-0.2, 0) is 14.8 Å². The minimum atomic E-state index is -3.61. The van der Waals surface area contributed by atoms with Gasteiger partial charge in [0.25, 0.3) is 0 Å². The third-order valence-corrected chi connectivity index (χ3v) is 7.11. The summed E-state index contributed by atoms with van der Waals surface area (Å²) in [6.07, 6.45) is 0.767. The molecule has 1 fully saturated rings. The Hall–Kier alpha value is -1.84. The number of likely N-dealkylation sites (N-methyl/N-ethyl adjacent to an activating group) is 1. The van der Waals surface area contributed by atoms with Crippen molar-refractivity contribution in [3.05, 3.63) is 18.2 Å². The Labute approximate surface area is 167 Å². The van der Waals surface area contributed by atoms with Gasteiger partial charge in [-0.2, -0.15) is 4.31 Å². The van der Waals surface area contributed by atoms with Gasteiger partial charge in [-0.3, -0.25) is 9.69 Å². The predicted molar refractivity (Wildman–Crippen MR) is 105 cm³/mol. The highest BCUT2D eigenvalue weighted by Gasteiger charge is 2.30. The quantitative estimate of drug-likeness (QED) is 0.720. The molecule has 0 aliphatic carbocycles. The molecule has 9 heteroatoms. The molecule has 0 bridgehead atoms. The Kier molecular flexibility index (Phi) is 6.47. The maximum atomic E-state index is 13.0. The Balaban J connectivity index is 1.63. The molecule has 0 aromatic heterocycles. The smallest absolute Gasteiger partial charge is 0.243 e. The topological polar surface area (TPSA) is 79.4 Å². The van der Waals surface area contributed by atoms with Gasteiger partial charge in [-0.25, -0.2) is 8.42 Å². The molecule has 0 N–H and O–H groups in total. The number of hydrogen-bond acceptors (Lipinski definition) is 6. The molecule has 0 radical (unpaired) electrons. The van der Waals surface area contributed by atoms with Gasteiger partial charge in [0.2, 0.25) is 15.9 Å².